The number of aryl methyl sites for hydroxylation is 2. The molecule has 6 rings (SSSR count). The zero-order chi connectivity index (χ0) is 29.3. The molecule has 1 aromatic carbocycles. The van der Waals surface area contributed by atoms with Gasteiger partial charge >= 0.3 is 12.1 Å². The molecule has 0 saturated heterocycles. The van der Waals surface area contributed by atoms with Gasteiger partial charge in [0, 0.05) is 29.1 Å². The molecule has 4 heterocycles. The van der Waals surface area contributed by atoms with Crippen LogP contribution in [0, 0.1) is 5.82 Å². The van der Waals surface area contributed by atoms with Crippen LogP contribution in [-0.2, 0) is 52.3 Å². The summed E-state index contributed by atoms with van der Waals surface area (Å²) < 4.78 is 27.6. The first-order valence-electron chi connectivity index (χ1n) is 14.2. The number of carbonyl (C=O) groups is 2. The van der Waals surface area contributed by atoms with Crippen molar-refractivity contribution >= 4 is 23.0 Å². The molecule has 2 aliphatic heterocycles. The fourth-order valence-electron chi connectivity index (χ4n) is 6.46. The SMILES string of the molecule is CC[C@@]1(O)C(=O)OCc2c1cc1n(c2=O)Cc2c-1nc1cc(F)c(CCCNC(=O)OC(C)(C)C)c3c1c2CCC3. The number of cyclic esters (lactones) is 1. The predicted octanol–water partition coefficient (Wildman–Crippen LogP) is 4.16. The molecule has 3 aliphatic rings. The maximum absolute atomic E-state index is 15.6. The normalized spacial score (nSPS) is 18.9. The first-order chi connectivity index (χ1) is 19.4. The highest BCUT2D eigenvalue weighted by Gasteiger charge is 2.45. The van der Waals surface area contributed by atoms with Crippen LogP contribution >= 0.6 is 0 Å². The van der Waals surface area contributed by atoms with Gasteiger partial charge in [-0.3, -0.25) is 4.79 Å². The number of benzene rings is 1. The Hall–Kier alpha value is -3.79. The lowest BCUT2D eigenvalue weighted by Gasteiger charge is -2.31. The lowest BCUT2D eigenvalue weighted by Crippen LogP contribution is -2.44. The molecule has 10 heteroatoms. The van der Waals surface area contributed by atoms with Crippen molar-refractivity contribution in [2.24, 2.45) is 0 Å². The molecule has 9 nitrogen and oxygen atoms in total. The van der Waals surface area contributed by atoms with E-state index in [9.17, 15) is 19.5 Å². The van der Waals surface area contributed by atoms with Crippen molar-refractivity contribution < 1.29 is 28.6 Å². The highest BCUT2D eigenvalue weighted by molar-refractivity contribution is 5.92. The van der Waals surface area contributed by atoms with Crippen molar-refractivity contribution in [3.63, 3.8) is 0 Å². The first-order valence-corrected chi connectivity index (χ1v) is 14.2. The van der Waals surface area contributed by atoms with Crippen LogP contribution in [-0.4, -0.2) is 38.9 Å². The molecule has 0 fully saturated rings. The Morgan fingerprint density at radius 3 is 2.68 bits per heavy atom. The van der Waals surface area contributed by atoms with E-state index in [1.807, 2.05) is 0 Å². The smallest absolute Gasteiger partial charge is 0.407 e. The van der Waals surface area contributed by atoms with Gasteiger partial charge in [-0.2, -0.15) is 0 Å². The van der Waals surface area contributed by atoms with Crippen LogP contribution in [0.4, 0.5) is 9.18 Å². The predicted molar refractivity (Wildman–Crippen MR) is 149 cm³/mol. The van der Waals surface area contributed by atoms with E-state index in [2.05, 4.69) is 5.32 Å². The molecule has 2 aromatic heterocycles. The number of esters is 1. The maximum atomic E-state index is 15.6. The number of nitrogens with zero attached hydrogens (tertiary/aromatic N) is 2. The summed E-state index contributed by atoms with van der Waals surface area (Å²) in [6.07, 6.45) is 2.92. The van der Waals surface area contributed by atoms with Crippen molar-refractivity contribution in [3.05, 3.63) is 61.7 Å². The number of hydrogen-bond donors (Lipinski definition) is 2. The van der Waals surface area contributed by atoms with Crippen LogP contribution in [0.5, 0.6) is 0 Å². The number of hydrogen-bond acceptors (Lipinski definition) is 7. The lowest BCUT2D eigenvalue weighted by molar-refractivity contribution is -0.172. The molecule has 41 heavy (non-hydrogen) atoms. The molecule has 3 aromatic rings. The van der Waals surface area contributed by atoms with Gasteiger partial charge in [0.1, 0.15) is 18.0 Å². The monoisotopic (exact) mass is 563 g/mol. The van der Waals surface area contributed by atoms with E-state index in [0.29, 0.717) is 48.4 Å². The summed E-state index contributed by atoms with van der Waals surface area (Å²) in [5.74, 6) is -1.11. The number of alkyl carbamates (subject to hydrolysis) is 1. The molecule has 0 radical (unpaired) electrons. The minimum absolute atomic E-state index is 0.0651. The summed E-state index contributed by atoms with van der Waals surface area (Å²) in [6.45, 7) is 7.56. The Kier molecular flexibility index (Phi) is 6.44. The summed E-state index contributed by atoms with van der Waals surface area (Å²) >= 11 is 0. The van der Waals surface area contributed by atoms with Crippen molar-refractivity contribution in [1.29, 1.82) is 0 Å². The lowest BCUT2D eigenvalue weighted by atomic mass is 9.83. The molecular weight excluding hydrogens is 529 g/mol. The zero-order valence-electron chi connectivity index (χ0n) is 23.8. The highest BCUT2D eigenvalue weighted by atomic mass is 19.1. The van der Waals surface area contributed by atoms with Crippen LogP contribution in [0.25, 0.3) is 22.3 Å². The second-order valence-corrected chi connectivity index (χ2v) is 12.1. The van der Waals surface area contributed by atoms with Crippen LogP contribution in [0.2, 0.25) is 0 Å². The number of carbonyl (C=O) groups excluding carboxylic acids is 2. The quantitative estimate of drug-likeness (QED) is 0.276. The number of aromatic nitrogens is 2. The number of rotatable bonds is 5. The van der Waals surface area contributed by atoms with Crippen molar-refractivity contribution in [3.8, 4) is 11.4 Å². The Balaban J connectivity index is 1.38. The third-order valence-electron chi connectivity index (χ3n) is 8.39. The fourth-order valence-corrected chi connectivity index (χ4v) is 6.46. The summed E-state index contributed by atoms with van der Waals surface area (Å²) in [4.78, 5) is 42.9. The molecule has 1 aliphatic carbocycles. The van der Waals surface area contributed by atoms with Crippen LogP contribution in [0.15, 0.2) is 16.9 Å². The topological polar surface area (TPSA) is 120 Å². The van der Waals surface area contributed by atoms with Crippen LogP contribution < -0.4 is 10.9 Å². The highest BCUT2D eigenvalue weighted by Crippen LogP contribution is 2.43. The van der Waals surface area contributed by atoms with Gasteiger partial charge < -0.3 is 24.5 Å². The van der Waals surface area contributed by atoms with Gasteiger partial charge in [0.15, 0.2) is 5.60 Å². The zero-order valence-corrected chi connectivity index (χ0v) is 23.8. The van der Waals surface area contributed by atoms with Crippen LogP contribution in [0.3, 0.4) is 0 Å². The van der Waals surface area contributed by atoms with E-state index >= 15 is 4.39 Å². The van der Waals surface area contributed by atoms with Crippen molar-refractivity contribution in [2.45, 2.75) is 90.6 Å². The number of fused-ring (bicyclic) bond motifs is 5. The molecule has 0 bridgehead atoms. The van der Waals surface area contributed by atoms with E-state index in [4.69, 9.17) is 14.5 Å². The van der Waals surface area contributed by atoms with Gasteiger partial charge in [-0.1, -0.05) is 6.92 Å². The van der Waals surface area contributed by atoms with E-state index < -0.39 is 23.3 Å². The van der Waals surface area contributed by atoms with Gasteiger partial charge in [0.2, 0.25) is 0 Å². The Bertz CT molecular complexity index is 1690. The first kappa shape index (κ1) is 27.4. The van der Waals surface area contributed by atoms with Gasteiger partial charge in [0.25, 0.3) is 5.56 Å². The summed E-state index contributed by atoms with van der Waals surface area (Å²) in [7, 11) is 0. The number of ether oxygens (including phenoxy) is 2. The molecule has 0 saturated carbocycles. The van der Waals surface area contributed by atoms with Gasteiger partial charge in [-0.25, -0.2) is 19.0 Å². The summed E-state index contributed by atoms with van der Waals surface area (Å²) in [5.41, 5.74) is 2.95. The summed E-state index contributed by atoms with van der Waals surface area (Å²) in [6, 6.07) is 3.15. The molecule has 1 atom stereocenters. The molecule has 216 valence electrons. The molecule has 1 amide bonds. The van der Waals surface area contributed by atoms with E-state index in [1.54, 1.807) is 38.3 Å². The number of pyridine rings is 2. The number of aliphatic hydroxyl groups is 1. The Labute approximate surface area is 236 Å². The number of halogens is 1. The van der Waals surface area contributed by atoms with Crippen molar-refractivity contribution in [2.75, 3.05) is 6.54 Å². The molecule has 2 N–H and O–H groups in total. The van der Waals surface area contributed by atoms with E-state index in [0.717, 1.165) is 41.3 Å². The largest absolute Gasteiger partial charge is 0.458 e. The minimum Gasteiger partial charge on any atom is -0.458 e. The third-order valence-corrected chi connectivity index (χ3v) is 8.39. The van der Waals surface area contributed by atoms with Gasteiger partial charge in [-0.15, -0.1) is 0 Å². The second kappa shape index (κ2) is 9.65. The maximum Gasteiger partial charge on any atom is 0.407 e. The van der Waals surface area contributed by atoms with Crippen LogP contribution in [0.1, 0.15) is 80.3 Å². The molecule has 0 unspecified atom stereocenters. The fraction of sp³-hybridized carbons (Fsp3) is 0.484. The van der Waals surface area contributed by atoms with Crippen molar-refractivity contribution in [1.82, 2.24) is 14.9 Å². The average molecular weight is 564 g/mol. The Morgan fingerprint density at radius 2 is 1.95 bits per heavy atom. The molecule has 0 spiro atoms. The third kappa shape index (κ3) is 4.39. The van der Waals surface area contributed by atoms with E-state index in [-0.39, 0.29) is 35.5 Å². The Morgan fingerprint density at radius 1 is 1.20 bits per heavy atom. The number of nitrogens with one attached hydrogen (secondary N) is 1. The number of amides is 1. The standard InChI is InChI=1S/C31H34FN3O6/c1-5-31(39)21-12-24-26-19(14-35(24)27(36)20(21)15-40-28(31)37)18-9-6-8-17-16(22(32)13-23(34-26)25(17)18)10-7-11-33-29(38)41-30(2,3)4/h12-13,39H,5-11,14-15H2,1-4H3,(H,33,38)/t31-/m0/s1. The molecular formula is C31H34FN3O6. The van der Waals surface area contributed by atoms with Gasteiger partial charge in [-0.05, 0) is 82.1 Å². The summed E-state index contributed by atoms with van der Waals surface area (Å²) in [5, 5.41) is 14.8. The van der Waals surface area contributed by atoms with Gasteiger partial charge in [0.05, 0.1) is 29.0 Å². The minimum atomic E-state index is -1.90. The van der Waals surface area contributed by atoms with E-state index in [1.165, 1.54) is 6.07 Å². The average Bonchev–Trinajstić information content (AvgIpc) is 3.28. The second-order valence-electron chi connectivity index (χ2n) is 12.1.